The van der Waals surface area contributed by atoms with Crippen LogP contribution in [-0.4, -0.2) is 40.8 Å². The van der Waals surface area contributed by atoms with E-state index in [9.17, 15) is 9.59 Å². The van der Waals surface area contributed by atoms with Gasteiger partial charge in [0.15, 0.2) is 0 Å². The molecule has 5 nitrogen and oxygen atoms in total. The van der Waals surface area contributed by atoms with E-state index in [0.29, 0.717) is 25.9 Å². The van der Waals surface area contributed by atoms with Crippen molar-refractivity contribution in [3.63, 3.8) is 0 Å². The first-order chi connectivity index (χ1) is 8.29. The number of hydrogen-bond acceptors (Lipinski definition) is 3. The zero-order chi connectivity index (χ0) is 14.3. The van der Waals surface area contributed by atoms with Crippen molar-refractivity contribution < 1.29 is 19.4 Å². The Labute approximate surface area is 109 Å². The lowest BCUT2D eigenvalue weighted by Gasteiger charge is -2.32. The first-order valence-corrected chi connectivity index (χ1v) is 6.50. The molecule has 1 saturated heterocycles. The van der Waals surface area contributed by atoms with Crippen LogP contribution in [0.4, 0.5) is 4.79 Å². The smallest absolute Gasteiger partial charge is 0.410 e. The highest BCUT2D eigenvalue weighted by Crippen LogP contribution is 2.19. The Morgan fingerprint density at radius 3 is 1.94 bits per heavy atom. The summed E-state index contributed by atoms with van der Waals surface area (Å²) in [6.45, 7) is 10.4. The van der Waals surface area contributed by atoms with Crippen molar-refractivity contribution in [2.75, 3.05) is 13.1 Å². The molecule has 5 heteroatoms. The van der Waals surface area contributed by atoms with Gasteiger partial charge in [0.2, 0.25) is 0 Å². The number of carboxylic acid groups (broad SMARTS) is 1. The van der Waals surface area contributed by atoms with E-state index in [-0.39, 0.29) is 12.0 Å². The third-order valence-corrected chi connectivity index (χ3v) is 2.50. The minimum Gasteiger partial charge on any atom is -0.481 e. The highest BCUT2D eigenvalue weighted by atomic mass is 16.6. The Balaban J connectivity index is 0.00000137. The molecular weight excluding hydrogens is 234 g/mol. The minimum atomic E-state index is -0.774. The molecule has 0 aromatic heterocycles. The third-order valence-electron chi connectivity index (χ3n) is 2.50. The van der Waals surface area contributed by atoms with E-state index in [2.05, 4.69) is 0 Å². The highest BCUT2D eigenvalue weighted by Gasteiger charge is 2.29. The molecule has 1 aliphatic heterocycles. The zero-order valence-corrected chi connectivity index (χ0v) is 12.0. The number of amides is 1. The summed E-state index contributed by atoms with van der Waals surface area (Å²) in [5.74, 6) is -1.09. The molecule has 0 aliphatic carbocycles. The van der Waals surface area contributed by atoms with Gasteiger partial charge in [-0.15, -0.1) is 0 Å². The Morgan fingerprint density at radius 1 is 1.17 bits per heavy atom. The number of likely N-dealkylation sites (tertiary alicyclic amines) is 1. The number of aliphatic carboxylic acids is 1. The number of carbonyl (C=O) groups is 2. The molecule has 0 bridgehead atoms. The Kier molecular flexibility index (Phi) is 6.73. The molecule has 0 radical (unpaired) electrons. The average Bonchev–Trinajstić information content (AvgIpc) is 2.29. The number of rotatable bonds is 1. The molecule has 0 unspecified atom stereocenters. The third kappa shape index (κ3) is 5.89. The van der Waals surface area contributed by atoms with Gasteiger partial charge in [-0.2, -0.15) is 0 Å². The van der Waals surface area contributed by atoms with E-state index in [4.69, 9.17) is 9.84 Å². The SMILES string of the molecule is CC.CC(C)(C)OC(=O)N1CCC(C(=O)O)CC1. The van der Waals surface area contributed by atoms with Gasteiger partial charge in [0, 0.05) is 13.1 Å². The Hall–Kier alpha value is -1.26. The van der Waals surface area contributed by atoms with Gasteiger partial charge in [-0.25, -0.2) is 4.79 Å². The maximum absolute atomic E-state index is 11.6. The van der Waals surface area contributed by atoms with Gasteiger partial charge in [0.25, 0.3) is 0 Å². The van der Waals surface area contributed by atoms with Crippen molar-refractivity contribution in [3.8, 4) is 0 Å². The van der Waals surface area contributed by atoms with Crippen molar-refractivity contribution in [3.05, 3.63) is 0 Å². The van der Waals surface area contributed by atoms with Crippen molar-refractivity contribution >= 4 is 12.1 Å². The number of ether oxygens (including phenoxy) is 1. The van der Waals surface area contributed by atoms with E-state index >= 15 is 0 Å². The van der Waals surface area contributed by atoms with E-state index in [1.54, 1.807) is 4.90 Å². The molecule has 1 N–H and O–H groups in total. The van der Waals surface area contributed by atoms with Crippen LogP contribution in [0.15, 0.2) is 0 Å². The quantitative estimate of drug-likeness (QED) is 0.786. The monoisotopic (exact) mass is 259 g/mol. The van der Waals surface area contributed by atoms with Crippen LogP contribution >= 0.6 is 0 Å². The first-order valence-electron chi connectivity index (χ1n) is 6.50. The summed E-state index contributed by atoms with van der Waals surface area (Å²) in [5, 5.41) is 8.81. The summed E-state index contributed by atoms with van der Waals surface area (Å²) < 4.78 is 5.21. The second-order valence-electron chi connectivity index (χ2n) is 5.08. The summed E-state index contributed by atoms with van der Waals surface area (Å²) in [4.78, 5) is 23.9. The van der Waals surface area contributed by atoms with Gasteiger partial charge in [-0.3, -0.25) is 4.79 Å². The van der Waals surface area contributed by atoms with Gasteiger partial charge >= 0.3 is 12.1 Å². The largest absolute Gasteiger partial charge is 0.481 e. The molecule has 0 atom stereocenters. The van der Waals surface area contributed by atoms with Gasteiger partial charge < -0.3 is 14.7 Å². The number of hydrogen-bond donors (Lipinski definition) is 1. The molecule has 1 aliphatic rings. The number of nitrogens with zero attached hydrogens (tertiary/aromatic N) is 1. The van der Waals surface area contributed by atoms with Crippen LogP contribution in [0, 0.1) is 5.92 Å². The minimum absolute atomic E-state index is 0.321. The van der Waals surface area contributed by atoms with E-state index < -0.39 is 11.6 Å². The summed E-state index contributed by atoms with van der Waals surface area (Å²) in [5.41, 5.74) is -0.499. The van der Waals surface area contributed by atoms with Crippen LogP contribution in [0.2, 0.25) is 0 Å². The average molecular weight is 259 g/mol. The summed E-state index contributed by atoms with van der Waals surface area (Å²) in [6, 6.07) is 0. The molecule has 0 saturated carbocycles. The van der Waals surface area contributed by atoms with Crippen LogP contribution in [0.25, 0.3) is 0 Å². The van der Waals surface area contributed by atoms with Crippen LogP contribution in [-0.2, 0) is 9.53 Å². The topological polar surface area (TPSA) is 66.8 Å². The van der Waals surface area contributed by atoms with E-state index in [0.717, 1.165) is 0 Å². The predicted octanol–water partition coefficient (Wildman–Crippen LogP) is 2.74. The Bertz CT molecular complexity index is 275. The number of carbonyl (C=O) groups excluding carboxylic acids is 1. The Morgan fingerprint density at radius 2 is 1.61 bits per heavy atom. The molecule has 1 fully saturated rings. The second-order valence-corrected chi connectivity index (χ2v) is 5.08. The summed E-state index contributed by atoms with van der Waals surface area (Å²) in [7, 11) is 0. The standard InChI is InChI=1S/C11H19NO4.C2H6/c1-11(2,3)16-10(15)12-6-4-8(5-7-12)9(13)14;1-2/h8H,4-7H2,1-3H3,(H,13,14);1-2H3. The summed E-state index contributed by atoms with van der Waals surface area (Å²) >= 11 is 0. The van der Waals surface area contributed by atoms with E-state index in [1.807, 2.05) is 34.6 Å². The lowest BCUT2D eigenvalue weighted by Crippen LogP contribution is -2.42. The van der Waals surface area contributed by atoms with Crippen molar-refractivity contribution in [2.24, 2.45) is 5.92 Å². The predicted molar refractivity (Wildman–Crippen MR) is 69.5 cm³/mol. The van der Waals surface area contributed by atoms with Crippen molar-refractivity contribution in [2.45, 2.75) is 53.1 Å². The number of piperidine rings is 1. The normalized spacial score (nSPS) is 16.6. The van der Waals surface area contributed by atoms with Crippen molar-refractivity contribution in [1.82, 2.24) is 4.90 Å². The van der Waals surface area contributed by atoms with Gasteiger partial charge in [0.1, 0.15) is 5.60 Å². The summed E-state index contributed by atoms with van der Waals surface area (Å²) in [6.07, 6.45) is 0.666. The van der Waals surface area contributed by atoms with Crippen LogP contribution in [0.5, 0.6) is 0 Å². The molecule has 1 heterocycles. The molecule has 1 amide bonds. The van der Waals surface area contributed by atoms with Gasteiger partial charge in [-0.1, -0.05) is 13.8 Å². The zero-order valence-electron chi connectivity index (χ0n) is 12.0. The van der Waals surface area contributed by atoms with E-state index in [1.165, 1.54) is 0 Å². The maximum atomic E-state index is 11.6. The molecular formula is C13H25NO4. The number of carboxylic acids is 1. The molecule has 0 spiro atoms. The second kappa shape index (κ2) is 7.24. The van der Waals surface area contributed by atoms with Crippen LogP contribution in [0.1, 0.15) is 47.5 Å². The molecule has 0 aromatic carbocycles. The lowest BCUT2D eigenvalue weighted by atomic mass is 9.97. The van der Waals surface area contributed by atoms with Crippen LogP contribution in [0.3, 0.4) is 0 Å². The fourth-order valence-corrected chi connectivity index (χ4v) is 1.64. The van der Waals surface area contributed by atoms with Gasteiger partial charge in [-0.05, 0) is 33.6 Å². The first kappa shape index (κ1) is 16.7. The highest BCUT2D eigenvalue weighted by molar-refractivity contribution is 5.71. The van der Waals surface area contributed by atoms with Gasteiger partial charge in [0.05, 0.1) is 5.92 Å². The fraction of sp³-hybridized carbons (Fsp3) is 0.846. The van der Waals surface area contributed by atoms with Crippen LogP contribution < -0.4 is 0 Å². The maximum Gasteiger partial charge on any atom is 0.410 e. The lowest BCUT2D eigenvalue weighted by molar-refractivity contribution is -0.143. The fourth-order valence-electron chi connectivity index (χ4n) is 1.64. The van der Waals surface area contributed by atoms with Crippen molar-refractivity contribution in [1.29, 1.82) is 0 Å². The molecule has 1 rings (SSSR count). The molecule has 106 valence electrons. The molecule has 0 aromatic rings. The molecule has 18 heavy (non-hydrogen) atoms.